The fraction of sp³-hybridized carbons (Fsp3) is 0. The highest BCUT2D eigenvalue weighted by Gasteiger charge is 2.11. The van der Waals surface area contributed by atoms with Crippen molar-refractivity contribution in [1.29, 1.82) is 0 Å². The summed E-state index contributed by atoms with van der Waals surface area (Å²) in [5, 5.41) is 17.0. The van der Waals surface area contributed by atoms with Crippen LogP contribution in [-0.2, 0) is 0 Å². The topological polar surface area (TPSA) is 115 Å². The second-order valence-corrected chi connectivity index (χ2v) is 6.10. The van der Waals surface area contributed by atoms with Crippen LogP contribution in [0.3, 0.4) is 0 Å². The van der Waals surface area contributed by atoms with Crippen molar-refractivity contribution in [3.05, 3.63) is 95.0 Å². The molecule has 0 radical (unpaired) electrons. The van der Waals surface area contributed by atoms with Gasteiger partial charge in [-0.15, -0.1) is 0 Å². The Kier molecular flexibility index (Phi) is 5.43. The molecule has 4 rings (SSSR count). The van der Waals surface area contributed by atoms with Gasteiger partial charge < -0.3 is 15.4 Å². The molecule has 0 saturated heterocycles. The number of aromatic nitrogens is 3. The van der Waals surface area contributed by atoms with E-state index in [0.29, 0.717) is 5.75 Å². The first-order valence-electron chi connectivity index (χ1n) is 8.98. The van der Waals surface area contributed by atoms with Gasteiger partial charge in [0.25, 0.3) is 5.69 Å². The molecule has 0 unspecified atom stereocenters. The number of nitro groups is 1. The van der Waals surface area contributed by atoms with Crippen molar-refractivity contribution in [3.63, 3.8) is 0 Å². The van der Waals surface area contributed by atoms with Crippen LogP contribution in [-0.4, -0.2) is 19.9 Å². The summed E-state index contributed by atoms with van der Waals surface area (Å²) in [6.07, 6.45) is 0. The van der Waals surface area contributed by atoms with E-state index < -0.39 is 4.92 Å². The summed E-state index contributed by atoms with van der Waals surface area (Å²) >= 11 is 0. The Hall–Kier alpha value is -4.53. The lowest BCUT2D eigenvalue weighted by molar-refractivity contribution is -0.384. The first-order valence-corrected chi connectivity index (χ1v) is 8.98. The number of hydrogen-bond acceptors (Lipinski definition) is 8. The maximum absolute atomic E-state index is 10.8. The molecule has 148 valence electrons. The second kappa shape index (κ2) is 8.65. The van der Waals surface area contributed by atoms with E-state index in [2.05, 4.69) is 25.6 Å². The largest absolute Gasteiger partial charge is 0.424 e. The predicted molar refractivity (Wildman–Crippen MR) is 112 cm³/mol. The van der Waals surface area contributed by atoms with Crippen LogP contribution in [0.2, 0.25) is 0 Å². The van der Waals surface area contributed by atoms with Gasteiger partial charge in [0.15, 0.2) is 0 Å². The molecule has 0 amide bonds. The Morgan fingerprint density at radius 3 is 1.67 bits per heavy atom. The summed E-state index contributed by atoms with van der Waals surface area (Å²) in [7, 11) is 0. The van der Waals surface area contributed by atoms with Crippen LogP contribution in [0.25, 0.3) is 0 Å². The Labute approximate surface area is 171 Å². The Morgan fingerprint density at radius 2 is 1.20 bits per heavy atom. The van der Waals surface area contributed by atoms with E-state index >= 15 is 0 Å². The van der Waals surface area contributed by atoms with Gasteiger partial charge in [-0.05, 0) is 36.4 Å². The normalized spacial score (nSPS) is 10.3. The number of ether oxygens (including phenoxy) is 1. The average Bonchev–Trinajstić information content (AvgIpc) is 2.75. The lowest BCUT2D eigenvalue weighted by Gasteiger charge is -2.11. The Morgan fingerprint density at radius 1 is 0.700 bits per heavy atom. The van der Waals surface area contributed by atoms with Crippen molar-refractivity contribution in [2.24, 2.45) is 0 Å². The highest BCUT2D eigenvalue weighted by molar-refractivity contribution is 5.57. The van der Waals surface area contributed by atoms with Gasteiger partial charge in [0, 0.05) is 23.5 Å². The molecule has 0 saturated carbocycles. The number of nitrogens with zero attached hydrogens (tertiary/aromatic N) is 4. The van der Waals surface area contributed by atoms with Crippen LogP contribution in [0, 0.1) is 10.1 Å². The monoisotopic (exact) mass is 400 g/mol. The van der Waals surface area contributed by atoms with E-state index in [9.17, 15) is 10.1 Å². The molecule has 3 aromatic carbocycles. The van der Waals surface area contributed by atoms with Gasteiger partial charge in [-0.25, -0.2) is 0 Å². The lowest BCUT2D eigenvalue weighted by atomic mass is 10.3. The Balaban J connectivity index is 1.62. The van der Waals surface area contributed by atoms with Crippen LogP contribution in [0.5, 0.6) is 11.8 Å². The van der Waals surface area contributed by atoms with Crippen molar-refractivity contribution in [3.8, 4) is 11.8 Å². The third kappa shape index (κ3) is 4.84. The molecule has 0 aliphatic rings. The van der Waals surface area contributed by atoms with Gasteiger partial charge in [-0.3, -0.25) is 10.1 Å². The van der Waals surface area contributed by atoms with Crippen molar-refractivity contribution in [1.82, 2.24) is 15.0 Å². The fourth-order valence-electron chi connectivity index (χ4n) is 2.56. The van der Waals surface area contributed by atoms with Crippen LogP contribution < -0.4 is 15.4 Å². The van der Waals surface area contributed by atoms with Gasteiger partial charge in [0.2, 0.25) is 11.9 Å². The number of hydrogen-bond donors (Lipinski definition) is 2. The molecule has 9 heteroatoms. The average molecular weight is 400 g/mol. The highest BCUT2D eigenvalue weighted by Crippen LogP contribution is 2.24. The summed E-state index contributed by atoms with van der Waals surface area (Å²) in [4.78, 5) is 23.3. The summed E-state index contributed by atoms with van der Waals surface area (Å²) in [5.74, 6) is 0.932. The zero-order valence-electron chi connectivity index (χ0n) is 15.6. The van der Waals surface area contributed by atoms with E-state index in [4.69, 9.17) is 4.74 Å². The predicted octanol–water partition coefficient (Wildman–Crippen LogP) is 5.06. The number of anilines is 4. The molecule has 4 aromatic rings. The minimum Gasteiger partial charge on any atom is -0.424 e. The Bertz CT molecular complexity index is 1080. The van der Waals surface area contributed by atoms with Gasteiger partial charge in [0.05, 0.1) is 4.92 Å². The van der Waals surface area contributed by atoms with Crippen LogP contribution in [0.1, 0.15) is 0 Å². The molecule has 0 aliphatic carbocycles. The second-order valence-electron chi connectivity index (χ2n) is 6.10. The van der Waals surface area contributed by atoms with Gasteiger partial charge >= 0.3 is 6.01 Å². The number of para-hydroxylation sites is 2. The number of rotatable bonds is 7. The number of benzene rings is 3. The molecule has 0 aliphatic heterocycles. The van der Waals surface area contributed by atoms with E-state index in [1.807, 2.05) is 60.7 Å². The first kappa shape index (κ1) is 18.8. The lowest BCUT2D eigenvalue weighted by Crippen LogP contribution is -2.05. The van der Waals surface area contributed by atoms with E-state index in [1.54, 1.807) is 0 Å². The molecule has 30 heavy (non-hydrogen) atoms. The van der Waals surface area contributed by atoms with Crippen molar-refractivity contribution in [2.75, 3.05) is 10.6 Å². The zero-order valence-corrected chi connectivity index (χ0v) is 15.6. The standard InChI is InChI=1S/C21H16N6O3/c28-27(29)17-11-13-18(14-12-17)30-21-25-19(22-15-7-3-1-4-8-15)24-20(26-21)23-16-9-5-2-6-10-16/h1-14H,(H2,22,23,24,25,26). The summed E-state index contributed by atoms with van der Waals surface area (Å²) in [6, 6.07) is 24.6. The van der Waals surface area contributed by atoms with E-state index in [0.717, 1.165) is 11.4 Å². The fourth-order valence-corrected chi connectivity index (χ4v) is 2.56. The molecular formula is C21H16N6O3. The van der Waals surface area contributed by atoms with Gasteiger partial charge in [-0.1, -0.05) is 36.4 Å². The third-order valence-electron chi connectivity index (χ3n) is 3.93. The summed E-state index contributed by atoms with van der Waals surface area (Å²) in [6.45, 7) is 0. The first-order chi connectivity index (χ1) is 14.7. The molecule has 1 aromatic heterocycles. The van der Waals surface area contributed by atoms with Crippen LogP contribution in [0.15, 0.2) is 84.9 Å². The minimum absolute atomic E-state index is 0.0316. The molecule has 9 nitrogen and oxygen atoms in total. The number of nitro benzene ring substituents is 1. The zero-order chi connectivity index (χ0) is 20.8. The third-order valence-corrected chi connectivity index (χ3v) is 3.93. The quantitative estimate of drug-likeness (QED) is 0.327. The summed E-state index contributed by atoms with van der Waals surface area (Å²) in [5.41, 5.74) is 1.57. The van der Waals surface area contributed by atoms with Crippen LogP contribution >= 0.6 is 0 Å². The van der Waals surface area contributed by atoms with E-state index in [1.165, 1.54) is 24.3 Å². The molecule has 0 bridgehead atoms. The van der Waals surface area contributed by atoms with E-state index in [-0.39, 0.29) is 23.6 Å². The maximum Gasteiger partial charge on any atom is 0.328 e. The molecule has 0 spiro atoms. The SMILES string of the molecule is O=[N+]([O-])c1ccc(Oc2nc(Nc3ccccc3)nc(Nc3ccccc3)n2)cc1. The minimum atomic E-state index is -0.476. The smallest absolute Gasteiger partial charge is 0.328 e. The summed E-state index contributed by atoms with van der Waals surface area (Å²) < 4.78 is 5.71. The molecule has 0 atom stereocenters. The van der Waals surface area contributed by atoms with Crippen molar-refractivity contribution < 1.29 is 9.66 Å². The molecule has 1 heterocycles. The molecular weight excluding hydrogens is 384 g/mol. The molecule has 0 fully saturated rings. The highest BCUT2D eigenvalue weighted by atomic mass is 16.6. The van der Waals surface area contributed by atoms with Crippen molar-refractivity contribution in [2.45, 2.75) is 0 Å². The van der Waals surface area contributed by atoms with Crippen LogP contribution in [0.4, 0.5) is 29.0 Å². The number of nitrogens with one attached hydrogen (secondary N) is 2. The van der Waals surface area contributed by atoms with Gasteiger partial charge in [0.1, 0.15) is 5.75 Å². The van der Waals surface area contributed by atoms with Crippen molar-refractivity contribution >= 4 is 29.0 Å². The van der Waals surface area contributed by atoms with Gasteiger partial charge in [-0.2, -0.15) is 15.0 Å². The maximum atomic E-state index is 10.8. The molecule has 2 N–H and O–H groups in total. The number of non-ortho nitro benzene ring substituents is 1.